The summed E-state index contributed by atoms with van der Waals surface area (Å²) in [6.07, 6.45) is 1.54. The van der Waals surface area contributed by atoms with E-state index in [1.165, 1.54) is 22.5 Å². The Morgan fingerprint density at radius 3 is 2.35 bits per heavy atom. The van der Waals surface area contributed by atoms with Crippen LogP contribution in [0.5, 0.6) is 5.75 Å². The largest absolute Gasteiger partial charge is 0.497 e. The van der Waals surface area contributed by atoms with E-state index < -0.39 is 0 Å². The number of hydrogen-bond donors (Lipinski definition) is 1. The van der Waals surface area contributed by atoms with Crippen molar-refractivity contribution in [1.82, 2.24) is 9.55 Å². The molecule has 0 saturated heterocycles. The fourth-order valence-corrected chi connectivity index (χ4v) is 4.20. The Bertz CT molecular complexity index is 1350. The molecule has 0 saturated carbocycles. The van der Waals surface area contributed by atoms with Crippen LogP contribution in [0, 0.1) is 6.92 Å². The lowest BCUT2D eigenvalue weighted by atomic mass is 10.1. The highest BCUT2D eigenvalue weighted by Gasteiger charge is 2.16. The lowest BCUT2D eigenvalue weighted by Gasteiger charge is -2.14. The number of rotatable bonds is 7. The number of carbonyl (C=O) groups excluding carboxylic acids is 1. The van der Waals surface area contributed by atoms with E-state index >= 15 is 0 Å². The highest BCUT2D eigenvalue weighted by atomic mass is 35.5. The molecule has 0 unspecified atom stereocenters. The van der Waals surface area contributed by atoms with Gasteiger partial charge in [0.15, 0.2) is 5.16 Å². The van der Waals surface area contributed by atoms with Crippen molar-refractivity contribution in [3.05, 3.63) is 99.9 Å². The Hall–Kier alpha value is -3.55. The maximum atomic E-state index is 13.5. The zero-order chi connectivity index (χ0) is 24.1. The zero-order valence-corrected chi connectivity index (χ0v) is 20.2. The summed E-state index contributed by atoms with van der Waals surface area (Å²) in [5, 5.41) is 3.83. The van der Waals surface area contributed by atoms with Gasteiger partial charge in [-0.3, -0.25) is 14.2 Å². The maximum absolute atomic E-state index is 13.5. The van der Waals surface area contributed by atoms with E-state index in [2.05, 4.69) is 10.3 Å². The predicted octanol–water partition coefficient (Wildman–Crippen LogP) is 5.60. The first kappa shape index (κ1) is 23.6. The van der Waals surface area contributed by atoms with Gasteiger partial charge in [0.25, 0.3) is 5.56 Å². The molecule has 0 atom stereocenters. The minimum atomic E-state index is -0.246. The van der Waals surface area contributed by atoms with Crippen molar-refractivity contribution in [2.45, 2.75) is 12.1 Å². The number of thioether (sulfide) groups is 1. The number of nitrogens with zero attached hydrogens (tertiary/aromatic N) is 2. The molecule has 6 nitrogen and oxygen atoms in total. The fourth-order valence-electron chi connectivity index (χ4n) is 3.29. The van der Waals surface area contributed by atoms with Gasteiger partial charge in [-0.15, -0.1) is 0 Å². The third-order valence-corrected chi connectivity index (χ3v) is 6.29. The van der Waals surface area contributed by atoms with E-state index in [-0.39, 0.29) is 17.2 Å². The molecule has 0 spiro atoms. The van der Waals surface area contributed by atoms with Crippen molar-refractivity contribution >= 4 is 35.0 Å². The molecule has 34 heavy (non-hydrogen) atoms. The number of benzene rings is 3. The van der Waals surface area contributed by atoms with E-state index in [1.807, 2.05) is 43.3 Å². The van der Waals surface area contributed by atoms with Crippen LogP contribution in [0.25, 0.3) is 16.8 Å². The average Bonchev–Trinajstić information content (AvgIpc) is 2.85. The number of methoxy groups -OCH3 is 1. The molecule has 0 radical (unpaired) electrons. The predicted molar refractivity (Wildman–Crippen MR) is 137 cm³/mol. The standard InChI is InChI=1S/C26H22ClN3O3S/c1-17-3-9-20(10-4-17)29-24(31)16-34-26-28-15-23(18-5-13-22(33-2)14-6-18)25(32)30(26)21-11-7-19(27)8-12-21/h3-15H,16H2,1-2H3,(H,29,31). The third-order valence-electron chi connectivity index (χ3n) is 5.08. The first-order valence-electron chi connectivity index (χ1n) is 10.5. The summed E-state index contributed by atoms with van der Waals surface area (Å²) < 4.78 is 6.71. The number of anilines is 1. The molecule has 3 aromatic carbocycles. The second-order valence-corrected chi connectivity index (χ2v) is 8.88. The number of ether oxygens (including phenoxy) is 1. The first-order valence-corrected chi connectivity index (χ1v) is 11.8. The van der Waals surface area contributed by atoms with Crippen LogP contribution in [0.15, 0.2) is 88.9 Å². The number of carbonyl (C=O) groups is 1. The molecule has 0 bridgehead atoms. The number of aryl methyl sites for hydroxylation is 1. The van der Waals surface area contributed by atoms with E-state index in [9.17, 15) is 9.59 Å². The van der Waals surface area contributed by atoms with Gasteiger partial charge < -0.3 is 10.1 Å². The fraction of sp³-hybridized carbons (Fsp3) is 0.115. The Kier molecular flexibility index (Phi) is 7.35. The van der Waals surface area contributed by atoms with Crippen LogP contribution in [0.4, 0.5) is 5.69 Å². The van der Waals surface area contributed by atoms with Crippen molar-refractivity contribution in [1.29, 1.82) is 0 Å². The normalized spacial score (nSPS) is 10.7. The van der Waals surface area contributed by atoms with Gasteiger partial charge in [0.2, 0.25) is 5.91 Å². The molecular weight excluding hydrogens is 470 g/mol. The Labute approximate surface area is 206 Å². The van der Waals surface area contributed by atoms with Crippen molar-refractivity contribution in [3.8, 4) is 22.6 Å². The lowest BCUT2D eigenvalue weighted by Crippen LogP contribution is -2.24. The maximum Gasteiger partial charge on any atom is 0.266 e. The summed E-state index contributed by atoms with van der Waals surface area (Å²) >= 11 is 7.24. The van der Waals surface area contributed by atoms with E-state index in [1.54, 1.807) is 43.5 Å². The van der Waals surface area contributed by atoms with Crippen LogP contribution in [0.3, 0.4) is 0 Å². The Morgan fingerprint density at radius 2 is 1.71 bits per heavy atom. The Morgan fingerprint density at radius 1 is 1.03 bits per heavy atom. The number of hydrogen-bond acceptors (Lipinski definition) is 5. The number of amides is 1. The van der Waals surface area contributed by atoms with Crippen molar-refractivity contribution in [2.24, 2.45) is 0 Å². The van der Waals surface area contributed by atoms with Gasteiger partial charge >= 0.3 is 0 Å². The second-order valence-electron chi connectivity index (χ2n) is 7.50. The molecule has 1 N–H and O–H groups in total. The summed E-state index contributed by atoms with van der Waals surface area (Å²) in [4.78, 5) is 30.6. The van der Waals surface area contributed by atoms with Gasteiger partial charge in [-0.2, -0.15) is 0 Å². The van der Waals surface area contributed by atoms with Crippen LogP contribution in [0.2, 0.25) is 5.02 Å². The molecule has 0 aliphatic carbocycles. The second kappa shape index (κ2) is 10.6. The average molecular weight is 492 g/mol. The molecule has 4 rings (SSSR count). The van der Waals surface area contributed by atoms with Gasteiger partial charge in [0, 0.05) is 16.9 Å². The third kappa shape index (κ3) is 5.50. The molecule has 172 valence electrons. The molecular formula is C26H22ClN3O3S. The van der Waals surface area contributed by atoms with E-state index in [4.69, 9.17) is 16.3 Å². The van der Waals surface area contributed by atoms with Crippen molar-refractivity contribution < 1.29 is 9.53 Å². The van der Waals surface area contributed by atoms with Crippen LogP contribution >= 0.6 is 23.4 Å². The van der Waals surface area contributed by atoms with Gasteiger partial charge in [-0.05, 0) is 61.0 Å². The van der Waals surface area contributed by atoms with Crippen LogP contribution in [0.1, 0.15) is 5.56 Å². The van der Waals surface area contributed by atoms with Crippen molar-refractivity contribution in [3.63, 3.8) is 0 Å². The molecule has 1 aromatic heterocycles. The van der Waals surface area contributed by atoms with Gasteiger partial charge in [0.1, 0.15) is 5.75 Å². The van der Waals surface area contributed by atoms with Gasteiger partial charge in [0.05, 0.1) is 24.1 Å². The molecule has 1 amide bonds. The highest BCUT2D eigenvalue weighted by Crippen LogP contribution is 2.24. The summed E-state index contributed by atoms with van der Waals surface area (Å²) in [5.74, 6) is 0.599. The minimum Gasteiger partial charge on any atom is -0.497 e. The van der Waals surface area contributed by atoms with Crippen LogP contribution in [-0.4, -0.2) is 28.3 Å². The van der Waals surface area contributed by atoms with E-state index in [0.29, 0.717) is 32.9 Å². The lowest BCUT2D eigenvalue weighted by molar-refractivity contribution is -0.113. The quantitative estimate of drug-likeness (QED) is 0.269. The monoisotopic (exact) mass is 491 g/mol. The minimum absolute atomic E-state index is 0.0930. The SMILES string of the molecule is COc1ccc(-c2cnc(SCC(=O)Nc3ccc(C)cc3)n(-c3ccc(Cl)cc3)c2=O)cc1. The first-order chi connectivity index (χ1) is 16.4. The molecule has 0 fully saturated rings. The molecule has 1 heterocycles. The molecule has 8 heteroatoms. The molecule has 0 aliphatic heterocycles. The summed E-state index contributed by atoms with van der Waals surface area (Å²) in [7, 11) is 1.59. The summed E-state index contributed by atoms with van der Waals surface area (Å²) in [6, 6.07) is 21.7. The Balaban J connectivity index is 1.65. The topological polar surface area (TPSA) is 73.2 Å². The number of aromatic nitrogens is 2. The van der Waals surface area contributed by atoms with Crippen LogP contribution in [-0.2, 0) is 4.79 Å². The van der Waals surface area contributed by atoms with Gasteiger partial charge in [-0.25, -0.2) is 4.98 Å². The van der Waals surface area contributed by atoms with Crippen molar-refractivity contribution in [2.75, 3.05) is 18.2 Å². The highest BCUT2D eigenvalue weighted by molar-refractivity contribution is 7.99. The van der Waals surface area contributed by atoms with Crippen LogP contribution < -0.4 is 15.6 Å². The number of halogens is 1. The van der Waals surface area contributed by atoms with E-state index in [0.717, 1.165) is 11.1 Å². The molecule has 4 aromatic rings. The molecule has 0 aliphatic rings. The summed E-state index contributed by atoms with van der Waals surface area (Å²) in [5.41, 5.74) is 3.35. The summed E-state index contributed by atoms with van der Waals surface area (Å²) in [6.45, 7) is 1.98. The smallest absolute Gasteiger partial charge is 0.266 e. The zero-order valence-electron chi connectivity index (χ0n) is 18.6. The van der Waals surface area contributed by atoms with Gasteiger partial charge in [-0.1, -0.05) is 53.2 Å². The number of nitrogens with one attached hydrogen (secondary N) is 1.